The zero-order valence-electron chi connectivity index (χ0n) is 5.78. The van der Waals surface area contributed by atoms with E-state index >= 15 is 0 Å². The Balaban J connectivity index is 2.12. The Hall–Kier alpha value is -1.09. The molecule has 0 aromatic rings. The van der Waals surface area contributed by atoms with Crippen LogP contribution in [0, 0.1) is 12.3 Å². The van der Waals surface area contributed by atoms with Crippen molar-refractivity contribution < 1.29 is 9.63 Å². The van der Waals surface area contributed by atoms with Gasteiger partial charge in [0.05, 0.1) is 6.42 Å². The summed E-state index contributed by atoms with van der Waals surface area (Å²) in [7, 11) is 0. The first-order valence-electron chi connectivity index (χ1n) is 3.43. The van der Waals surface area contributed by atoms with Crippen molar-refractivity contribution in [2.24, 2.45) is 5.92 Å². The second-order valence-electron chi connectivity index (χ2n) is 2.45. The fraction of sp³-hybridized carbons (Fsp3) is 0.250. The van der Waals surface area contributed by atoms with E-state index in [2.05, 4.69) is 11.9 Å². The van der Waals surface area contributed by atoms with Gasteiger partial charge in [-0.15, -0.1) is 0 Å². The summed E-state index contributed by atoms with van der Waals surface area (Å²) in [4.78, 5) is 15.7. The van der Waals surface area contributed by atoms with E-state index in [9.17, 15) is 4.79 Å². The van der Waals surface area contributed by atoms with Crippen LogP contribution in [0.4, 0.5) is 0 Å². The maximum Gasteiger partial charge on any atom is 0.252 e. The van der Waals surface area contributed by atoms with Gasteiger partial charge in [0.1, 0.15) is 6.10 Å². The molecule has 1 aliphatic carbocycles. The van der Waals surface area contributed by atoms with E-state index in [4.69, 9.17) is 4.84 Å². The van der Waals surface area contributed by atoms with Crippen LogP contribution in [0.2, 0.25) is 0 Å². The van der Waals surface area contributed by atoms with Crippen LogP contribution >= 0.6 is 0 Å². The lowest BCUT2D eigenvalue weighted by atomic mass is 9.93. The molecule has 1 heterocycles. The molecule has 2 unspecified atom stereocenters. The maximum atomic E-state index is 10.7. The average Bonchev–Trinajstić information content (AvgIpc) is 2.04. The van der Waals surface area contributed by atoms with Crippen LogP contribution in [-0.2, 0) is 9.63 Å². The summed E-state index contributed by atoms with van der Waals surface area (Å²) in [6.07, 6.45) is 10.2. The van der Waals surface area contributed by atoms with Gasteiger partial charge < -0.3 is 0 Å². The summed E-state index contributed by atoms with van der Waals surface area (Å²) in [6, 6.07) is 0. The SMILES string of the molecule is O=C1[C]C2C=CC=CC2ON1. The first-order chi connectivity index (χ1) is 5.36. The molecule has 1 fully saturated rings. The Morgan fingerprint density at radius 2 is 2.27 bits per heavy atom. The number of allylic oxidation sites excluding steroid dienone is 2. The van der Waals surface area contributed by atoms with Crippen LogP contribution in [0.25, 0.3) is 0 Å². The molecule has 0 aromatic heterocycles. The van der Waals surface area contributed by atoms with Crippen LogP contribution in [0.5, 0.6) is 0 Å². The van der Waals surface area contributed by atoms with E-state index in [0.29, 0.717) is 0 Å². The topological polar surface area (TPSA) is 38.3 Å². The van der Waals surface area contributed by atoms with Crippen molar-refractivity contribution in [1.29, 1.82) is 0 Å². The van der Waals surface area contributed by atoms with Crippen molar-refractivity contribution >= 4 is 5.91 Å². The highest BCUT2D eigenvalue weighted by atomic mass is 16.7. The molecule has 0 bridgehead atoms. The molecule has 2 aliphatic rings. The van der Waals surface area contributed by atoms with Gasteiger partial charge in [-0.25, -0.2) is 5.48 Å². The Bertz CT molecular complexity index is 232. The number of hydrogen-bond acceptors (Lipinski definition) is 2. The van der Waals surface area contributed by atoms with Gasteiger partial charge in [0.15, 0.2) is 0 Å². The van der Waals surface area contributed by atoms with Gasteiger partial charge in [-0.2, -0.15) is 0 Å². The van der Waals surface area contributed by atoms with Crippen LogP contribution in [0.15, 0.2) is 24.3 Å². The number of hydrogen-bond donors (Lipinski definition) is 1. The Labute approximate surface area is 64.7 Å². The van der Waals surface area contributed by atoms with E-state index in [1.54, 1.807) is 0 Å². The normalized spacial score (nSPS) is 34.7. The summed E-state index contributed by atoms with van der Waals surface area (Å²) < 4.78 is 0. The molecule has 0 saturated carbocycles. The summed E-state index contributed by atoms with van der Waals surface area (Å²) in [5.74, 6) is -0.306. The molecular weight excluding hydrogens is 142 g/mol. The fourth-order valence-electron chi connectivity index (χ4n) is 1.13. The van der Waals surface area contributed by atoms with Crippen molar-refractivity contribution in [3.05, 3.63) is 30.7 Å². The molecule has 1 aliphatic heterocycles. The van der Waals surface area contributed by atoms with Crippen molar-refractivity contribution in [3.8, 4) is 0 Å². The van der Waals surface area contributed by atoms with Gasteiger partial charge in [-0.05, 0) is 0 Å². The molecule has 3 nitrogen and oxygen atoms in total. The molecular formula is C8H7NO2. The van der Waals surface area contributed by atoms with E-state index in [0.717, 1.165) is 0 Å². The largest absolute Gasteiger partial charge is 0.272 e. The molecule has 1 N–H and O–H groups in total. The van der Waals surface area contributed by atoms with E-state index in [-0.39, 0.29) is 17.9 Å². The molecule has 3 heteroatoms. The number of fused-ring (bicyclic) bond motifs is 1. The minimum absolute atomic E-state index is 0.0197. The Morgan fingerprint density at radius 3 is 3.18 bits per heavy atom. The quantitative estimate of drug-likeness (QED) is 0.535. The molecule has 1 saturated heterocycles. The molecule has 1 amide bonds. The van der Waals surface area contributed by atoms with Crippen LogP contribution in [0.1, 0.15) is 0 Å². The lowest BCUT2D eigenvalue weighted by Crippen LogP contribution is -2.41. The monoisotopic (exact) mass is 149 g/mol. The van der Waals surface area contributed by atoms with Crippen molar-refractivity contribution in [1.82, 2.24) is 5.48 Å². The van der Waals surface area contributed by atoms with Crippen molar-refractivity contribution in [3.63, 3.8) is 0 Å². The van der Waals surface area contributed by atoms with E-state index in [1.165, 1.54) is 0 Å². The molecule has 56 valence electrons. The average molecular weight is 149 g/mol. The molecule has 0 aromatic carbocycles. The summed E-state index contributed by atoms with van der Waals surface area (Å²) in [5, 5.41) is 0. The van der Waals surface area contributed by atoms with Gasteiger partial charge in [0.25, 0.3) is 5.91 Å². The fourth-order valence-corrected chi connectivity index (χ4v) is 1.13. The van der Waals surface area contributed by atoms with Gasteiger partial charge in [-0.1, -0.05) is 24.3 Å². The number of hydroxylamine groups is 1. The van der Waals surface area contributed by atoms with Gasteiger partial charge >= 0.3 is 0 Å². The summed E-state index contributed by atoms with van der Waals surface area (Å²) in [6.45, 7) is 0. The van der Waals surface area contributed by atoms with Crippen LogP contribution in [-0.4, -0.2) is 12.0 Å². The highest BCUT2D eigenvalue weighted by Crippen LogP contribution is 2.20. The third-order valence-corrected chi connectivity index (χ3v) is 1.67. The molecule has 2 atom stereocenters. The van der Waals surface area contributed by atoms with Crippen LogP contribution < -0.4 is 5.48 Å². The first-order valence-corrected chi connectivity index (χ1v) is 3.43. The van der Waals surface area contributed by atoms with Gasteiger partial charge in [0, 0.05) is 5.92 Å². The third-order valence-electron chi connectivity index (χ3n) is 1.67. The lowest BCUT2D eigenvalue weighted by Gasteiger charge is -2.27. The highest BCUT2D eigenvalue weighted by Gasteiger charge is 2.28. The number of nitrogens with one attached hydrogen (secondary N) is 1. The van der Waals surface area contributed by atoms with Crippen LogP contribution in [0.3, 0.4) is 0 Å². The smallest absolute Gasteiger partial charge is 0.252 e. The van der Waals surface area contributed by atoms with E-state index in [1.807, 2.05) is 24.3 Å². The molecule has 2 radical (unpaired) electrons. The van der Waals surface area contributed by atoms with Crippen molar-refractivity contribution in [2.45, 2.75) is 6.10 Å². The zero-order chi connectivity index (χ0) is 7.68. The predicted molar refractivity (Wildman–Crippen MR) is 38.0 cm³/mol. The first kappa shape index (κ1) is 6.61. The molecule has 11 heavy (non-hydrogen) atoms. The second kappa shape index (κ2) is 2.51. The summed E-state index contributed by atoms with van der Waals surface area (Å²) >= 11 is 0. The third kappa shape index (κ3) is 1.19. The van der Waals surface area contributed by atoms with E-state index < -0.39 is 0 Å². The Morgan fingerprint density at radius 1 is 1.45 bits per heavy atom. The molecule has 0 spiro atoms. The second-order valence-corrected chi connectivity index (χ2v) is 2.45. The van der Waals surface area contributed by atoms with Crippen molar-refractivity contribution in [2.75, 3.05) is 0 Å². The minimum atomic E-state index is -0.286. The number of rotatable bonds is 0. The lowest BCUT2D eigenvalue weighted by molar-refractivity contribution is -0.140. The predicted octanol–water partition coefficient (Wildman–Crippen LogP) is 0.240. The number of carbonyl (C=O) groups is 1. The van der Waals surface area contributed by atoms with Gasteiger partial charge in [-0.3, -0.25) is 9.63 Å². The summed E-state index contributed by atoms with van der Waals surface area (Å²) in [5.41, 5.74) is 2.25. The maximum absolute atomic E-state index is 10.7. The number of amides is 1. The zero-order valence-corrected chi connectivity index (χ0v) is 5.78. The van der Waals surface area contributed by atoms with Gasteiger partial charge in [0.2, 0.25) is 0 Å². The minimum Gasteiger partial charge on any atom is -0.272 e. The highest BCUT2D eigenvalue weighted by molar-refractivity contribution is 5.85. The number of carbonyl (C=O) groups excluding carboxylic acids is 1. The molecule has 2 rings (SSSR count). The standard InChI is InChI=1S/C8H7NO2/c10-8-5-6-3-1-2-4-7(6)11-9-8/h1-4,6-7H,(H,9,10). The Kier molecular flexibility index (Phi) is 1.51.